The van der Waals surface area contributed by atoms with Crippen molar-refractivity contribution in [3.05, 3.63) is 54.6 Å². The van der Waals surface area contributed by atoms with E-state index in [0.29, 0.717) is 29.9 Å². The molecule has 7 nitrogen and oxygen atoms in total. The number of benzene rings is 2. The molecule has 0 saturated carbocycles. The van der Waals surface area contributed by atoms with Gasteiger partial charge in [0.15, 0.2) is 0 Å². The van der Waals surface area contributed by atoms with Crippen molar-refractivity contribution in [3.63, 3.8) is 0 Å². The Balaban J connectivity index is 2.18. The Bertz CT molecular complexity index is 1160. The van der Waals surface area contributed by atoms with Gasteiger partial charge >= 0.3 is 5.97 Å². The first kappa shape index (κ1) is 27.0. The number of fused-ring (bicyclic) bond motifs is 1. The van der Waals surface area contributed by atoms with Gasteiger partial charge in [-0.15, -0.1) is 11.8 Å². The van der Waals surface area contributed by atoms with Gasteiger partial charge in [0.1, 0.15) is 16.9 Å². The van der Waals surface area contributed by atoms with Gasteiger partial charge in [-0.2, -0.15) is 4.39 Å². The van der Waals surface area contributed by atoms with Crippen LogP contribution in [-0.4, -0.2) is 51.7 Å². The molecule has 0 spiro atoms. The molecule has 0 aliphatic carbocycles. The van der Waals surface area contributed by atoms with Gasteiger partial charge in [-0.1, -0.05) is 31.0 Å². The Kier molecular flexibility index (Phi) is 9.59. The molecule has 1 heterocycles. The van der Waals surface area contributed by atoms with E-state index < -0.39 is 21.8 Å². The van der Waals surface area contributed by atoms with Gasteiger partial charge in [-0.25, -0.2) is 17.5 Å². The number of anilines is 2. The van der Waals surface area contributed by atoms with Crippen LogP contribution < -0.4 is 9.64 Å². The molecule has 0 saturated heterocycles. The number of esters is 1. The molecule has 0 radical (unpaired) electrons. The average Bonchev–Trinajstić information content (AvgIpc) is 2.88. The molecule has 2 aromatic rings. The lowest BCUT2D eigenvalue weighted by molar-refractivity contribution is -0.140. The molecular formula is C25H31FN2O5S2. The van der Waals surface area contributed by atoms with E-state index in [1.165, 1.54) is 22.1 Å². The lowest BCUT2D eigenvalue weighted by Gasteiger charge is -2.29. The number of ether oxygens (including phenoxy) is 2. The quantitative estimate of drug-likeness (QED) is 0.215. The molecule has 2 aromatic carbocycles. The van der Waals surface area contributed by atoms with E-state index in [1.807, 2.05) is 41.5 Å². The number of sulfonamides is 1. The van der Waals surface area contributed by atoms with Gasteiger partial charge in [-0.3, -0.25) is 0 Å². The van der Waals surface area contributed by atoms with E-state index in [4.69, 9.17) is 4.74 Å². The summed E-state index contributed by atoms with van der Waals surface area (Å²) in [6, 6.07) is 12.8. The van der Waals surface area contributed by atoms with Gasteiger partial charge in [-0.05, 0) is 44.2 Å². The van der Waals surface area contributed by atoms with E-state index in [9.17, 15) is 17.6 Å². The smallest absolute Gasteiger partial charge is 0.370 e. The molecule has 35 heavy (non-hydrogen) atoms. The SMILES string of the molecule is CCOC(=O)/C(F)=C/Oc1cc2c(cc1SC)N(c1ccccc1)CCCCCCN(C)S2(=O)=O. The number of hydrogen-bond donors (Lipinski definition) is 0. The number of thioether (sulfide) groups is 1. The van der Waals surface area contributed by atoms with Gasteiger partial charge < -0.3 is 14.4 Å². The first-order valence-corrected chi connectivity index (χ1v) is 14.2. The molecule has 1 aliphatic rings. The Morgan fingerprint density at radius 1 is 1.11 bits per heavy atom. The molecule has 1 aliphatic heterocycles. The second kappa shape index (κ2) is 12.4. The summed E-state index contributed by atoms with van der Waals surface area (Å²) in [5.74, 6) is -2.21. The van der Waals surface area contributed by atoms with Gasteiger partial charge in [0, 0.05) is 31.9 Å². The Labute approximate surface area is 210 Å². The minimum atomic E-state index is -3.89. The van der Waals surface area contributed by atoms with Crippen molar-refractivity contribution >= 4 is 39.1 Å². The predicted molar refractivity (Wildman–Crippen MR) is 136 cm³/mol. The van der Waals surface area contributed by atoms with Crippen LogP contribution in [0.4, 0.5) is 15.8 Å². The number of halogens is 1. The van der Waals surface area contributed by atoms with E-state index in [2.05, 4.69) is 4.74 Å². The highest BCUT2D eigenvalue weighted by atomic mass is 32.2. The fraction of sp³-hybridized carbons (Fsp3) is 0.400. The molecule has 10 heteroatoms. The molecule has 0 unspecified atom stereocenters. The van der Waals surface area contributed by atoms with Crippen LogP contribution >= 0.6 is 11.8 Å². The molecule has 0 amide bonds. The molecule has 3 rings (SSSR count). The molecule has 190 valence electrons. The van der Waals surface area contributed by atoms with Crippen molar-refractivity contribution in [1.82, 2.24) is 4.31 Å². The topological polar surface area (TPSA) is 76.2 Å². The van der Waals surface area contributed by atoms with E-state index in [0.717, 1.165) is 31.4 Å². The summed E-state index contributed by atoms with van der Waals surface area (Å²) in [4.78, 5) is 14.3. The summed E-state index contributed by atoms with van der Waals surface area (Å²) in [7, 11) is -2.33. The number of para-hydroxylation sites is 1. The monoisotopic (exact) mass is 522 g/mol. The fourth-order valence-corrected chi connectivity index (χ4v) is 5.74. The summed E-state index contributed by atoms with van der Waals surface area (Å²) in [6.07, 6.45) is 6.05. The Morgan fingerprint density at radius 2 is 1.80 bits per heavy atom. The zero-order valence-corrected chi connectivity index (χ0v) is 21.8. The maximum atomic E-state index is 14.1. The van der Waals surface area contributed by atoms with Crippen molar-refractivity contribution in [2.45, 2.75) is 42.4 Å². The van der Waals surface area contributed by atoms with Crippen LogP contribution in [0.5, 0.6) is 5.75 Å². The van der Waals surface area contributed by atoms with E-state index in [-0.39, 0.29) is 17.3 Å². The van der Waals surface area contributed by atoms with Crippen LogP contribution in [0.3, 0.4) is 0 Å². The van der Waals surface area contributed by atoms with Crippen molar-refractivity contribution in [1.29, 1.82) is 0 Å². The van der Waals surface area contributed by atoms with Crippen LogP contribution in [0.15, 0.2) is 64.3 Å². The summed E-state index contributed by atoms with van der Waals surface area (Å²) in [5, 5.41) is 0. The van der Waals surface area contributed by atoms with Crippen LogP contribution in [0.1, 0.15) is 32.6 Å². The van der Waals surface area contributed by atoms with Crippen molar-refractivity contribution in [2.75, 3.05) is 37.9 Å². The second-order valence-electron chi connectivity index (χ2n) is 8.00. The second-order valence-corrected chi connectivity index (χ2v) is 10.9. The molecular weight excluding hydrogens is 491 g/mol. The fourth-order valence-electron chi connectivity index (χ4n) is 3.81. The first-order chi connectivity index (χ1) is 16.8. The van der Waals surface area contributed by atoms with Crippen molar-refractivity contribution < 1.29 is 27.1 Å². The third-order valence-corrected chi connectivity index (χ3v) is 8.30. The lowest BCUT2D eigenvalue weighted by atomic mass is 10.1. The number of hydrogen-bond acceptors (Lipinski definition) is 7. The Hall–Kier alpha value is -2.56. The summed E-state index contributed by atoms with van der Waals surface area (Å²) in [5.41, 5.74) is 1.40. The average molecular weight is 523 g/mol. The largest absolute Gasteiger partial charge is 0.461 e. The minimum Gasteiger partial charge on any atom is -0.461 e. The highest BCUT2D eigenvalue weighted by Crippen LogP contribution is 2.41. The molecule has 0 aromatic heterocycles. The number of carbonyl (C=O) groups excluding carboxylic acids is 1. The highest BCUT2D eigenvalue weighted by molar-refractivity contribution is 7.98. The lowest BCUT2D eigenvalue weighted by Crippen LogP contribution is -2.30. The summed E-state index contributed by atoms with van der Waals surface area (Å²) in [6.45, 7) is 2.63. The minimum absolute atomic E-state index is 0.0227. The van der Waals surface area contributed by atoms with Crippen LogP contribution in [0.25, 0.3) is 0 Å². The molecule has 0 N–H and O–H groups in total. The maximum Gasteiger partial charge on any atom is 0.370 e. The zero-order valence-electron chi connectivity index (χ0n) is 20.2. The van der Waals surface area contributed by atoms with E-state index >= 15 is 0 Å². The maximum absolute atomic E-state index is 14.1. The summed E-state index contributed by atoms with van der Waals surface area (Å²) >= 11 is 1.33. The zero-order chi connectivity index (χ0) is 25.4. The van der Waals surface area contributed by atoms with Crippen LogP contribution in [0, 0.1) is 0 Å². The highest BCUT2D eigenvalue weighted by Gasteiger charge is 2.29. The Morgan fingerprint density at radius 3 is 2.46 bits per heavy atom. The number of rotatable bonds is 6. The predicted octanol–water partition coefficient (Wildman–Crippen LogP) is 5.49. The normalized spacial score (nSPS) is 17.3. The van der Waals surface area contributed by atoms with Gasteiger partial charge in [0.2, 0.25) is 15.9 Å². The van der Waals surface area contributed by atoms with Crippen LogP contribution in [-0.2, 0) is 19.6 Å². The summed E-state index contributed by atoms with van der Waals surface area (Å²) < 4.78 is 53.0. The number of carbonyl (C=O) groups is 1. The third kappa shape index (κ3) is 6.56. The first-order valence-electron chi connectivity index (χ1n) is 11.5. The van der Waals surface area contributed by atoms with Crippen LogP contribution in [0.2, 0.25) is 0 Å². The standard InChI is InChI=1S/C25H31FN2O5S2/c1-4-32-25(29)20(26)18-33-22-17-24-21(16-23(22)34-3)28(19-12-8-7-9-13-19)15-11-6-5-10-14-27(2)35(24,30)31/h7-9,12-13,16-18H,4-6,10-11,14-15H2,1-3H3/b20-18-. The molecule has 0 atom stereocenters. The van der Waals surface area contributed by atoms with Gasteiger partial charge in [0.25, 0.3) is 0 Å². The van der Waals surface area contributed by atoms with Gasteiger partial charge in [0.05, 0.1) is 17.2 Å². The molecule has 0 fully saturated rings. The van der Waals surface area contributed by atoms with Crippen molar-refractivity contribution in [2.24, 2.45) is 0 Å². The third-order valence-electron chi connectivity index (χ3n) is 5.66. The number of nitrogens with zero attached hydrogens (tertiary/aromatic N) is 2. The van der Waals surface area contributed by atoms with E-state index in [1.54, 1.807) is 20.0 Å². The molecule has 0 bridgehead atoms. The van der Waals surface area contributed by atoms with Crippen molar-refractivity contribution in [3.8, 4) is 5.75 Å².